The quantitative estimate of drug-likeness (QED) is 0.832. The van der Waals surface area contributed by atoms with E-state index in [4.69, 9.17) is 4.74 Å². The van der Waals surface area contributed by atoms with Gasteiger partial charge in [0, 0.05) is 31.2 Å². The highest BCUT2D eigenvalue weighted by Gasteiger charge is 2.34. The van der Waals surface area contributed by atoms with Crippen molar-refractivity contribution in [3.8, 4) is 5.75 Å². The SMILES string of the molecule is CCCOc1ccc(C(C)NC2CCN(C3CC3)C2)cc1. The van der Waals surface area contributed by atoms with Crippen LogP contribution < -0.4 is 10.1 Å². The lowest BCUT2D eigenvalue weighted by molar-refractivity contribution is 0.313. The van der Waals surface area contributed by atoms with Crippen LogP contribution in [0.1, 0.15) is 51.1 Å². The molecule has 1 aromatic carbocycles. The third-order valence-electron chi connectivity index (χ3n) is 4.62. The Labute approximate surface area is 128 Å². The minimum Gasteiger partial charge on any atom is -0.494 e. The molecule has 2 fully saturated rings. The Kier molecular flexibility index (Phi) is 4.81. The number of nitrogens with zero attached hydrogens (tertiary/aromatic N) is 1. The van der Waals surface area contributed by atoms with E-state index < -0.39 is 0 Å². The molecule has 0 spiro atoms. The van der Waals surface area contributed by atoms with Gasteiger partial charge in [0.1, 0.15) is 5.75 Å². The summed E-state index contributed by atoms with van der Waals surface area (Å²) in [6.45, 7) is 7.70. The van der Waals surface area contributed by atoms with Crippen LogP contribution >= 0.6 is 0 Å². The maximum Gasteiger partial charge on any atom is 0.119 e. The average molecular weight is 288 g/mol. The summed E-state index contributed by atoms with van der Waals surface area (Å²) in [5.41, 5.74) is 1.35. The Hall–Kier alpha value is -1.06. The summed E-state index contributed by atoms with van der Waals surface area (Å²) in [5, 5.41) is 3.79. The summed E-state index contributed by atoms with van der Waals surface area (Å²) < 4.78 is 5.64. The molecule has 1 heterocycles. The molecule has 1 N–H and O–H groups in total. The smallest absolute Gasteiger partial charge is 0.119 e. The second-order valence-electron chi connectivity index (χ2n) is 6.52. The first-order valence-electron chi connectivity index (χ1n) is 8.49. The van der Waals surface area contributed by atoms with Crippen LogP contribution in [0.15, 0.2) is 24.3 Å². The zero-order chi connectivity index (χ0) is 14.7. The molecule has 0 aromatic heterocycles. The van der Waals surface area contributed by atoms with Crippen molar-refractivity contribution in [2.24, 2.45) is 0 Å². The van der Waals surface area contributed by atoms with Crippen LogP contribution in [0.25, 0.3) is 0 Å². The molecule has 21 heavy (non-hydrogen) atoms. The minimum absolute atomic E-state index is 0.411. The molecular weight excluding hydrogens is 260 g/mol. The van der Waals surface area contributed by atoms with Gasteiger partial charge in [0.15, 0.2) is 0 Å². The molecule has 3 rings (SSSR count). The number of hydrogen-bond acceptors (Lipinski definition) is 3. The highest BCUT2D eigenvalue weighted by molar-refractivity contribution is 5.29. The molecule has 2 atom stereocenters. The monoisotopic (exact) mass is 288 g/mol. The van der Waals surface area contributed by atoms with E-state index in [0.717, 1.165) is 24.8 Å². The van der Waals surface area contributed by atoms with Gasteiger partial charge < -0.3 is 10.1 Å². The molecule has 1 saturated heterocycles. The van der Waals surface area contributed by atoms with E-state index in [1.807, 2.05) is 0 Å². The number of rotatable bonds is 7. The maximum atomic E-state index is 5.64. The molecule has 1 saturated carbocycles. The third kappa shape index (κ3) is 3.98. The first-order valence-corrected chi connectivity index (χ1v) is 8.49. The van der Waals surface area contributed by atoms with E-state index in [1.54, 1.807) is 0 Å². The van der Waals surface area contributed by atoms with E-state index in [9.17, 15) is 0 Å². The van der Waals surface area contributed by atoms with Gasteiger partial charge in [-0.05, 0) is 50.3 Å². The van der Waals surface area contributed by atoms with Gasteiger partial charge in [-0.3, -0.25) is 4.90 Å². The van der Waals surface area contributed by atoms with Crippen molar-refractivity contribution in [3.63, 3.8) is 0 Å². The van der Waals surface area contributed by atoms with Crippen LogP contribution in [0, 0.1) is 0 Å². The molecule has 2 unspecified atom stereocenters. The molecule has 2 aliphatic rings. The summed E-state index contributed by atoms with van der Waals surface area (Å²) in [6, 6.07) is 10.5. The predicted molar refractivity (Wildman–Crippen MR) is 86.8 cm³/mol. The van der Waals surface area contributed by atoms with Crippen molar-refractivity contribution in [2.75, 3.05) is 19.7 Å². The van der Waals surface area contributed by atoms with Crippen molar-refractivity contribution in [2.45, 2.75) is 57.7 Å². The zero-order valence-electron chi connectivity index (χ0n) is 13.3. The first kappa shape index (κ1) is 14.9. The molecular formula is C18H28N2O. The van der Waals surface area contributed by atoms with Gasteiger partial charge in [0.05, 0.1) is 6.61 Å². The Morgan fingerprint density at radius 1 is 1.24 bits per heavy atom. The molecule has 1 aliphatic heterocycles. The molecule has 3 heteroatoms. The number of likely N-dealkylation sites (tertiary alicyclic amines) is 1. The van der Waals surface area contributed by atoms with Crippen molar-refractivity contribution in [1.29, 1.82) is 0 Å². The van der Waals surface area contributed by atoms with Crippen LogP contribution in [-0.4, -0.2) is 36.7 Å². The Morgan fingerprint density at radius 3 is 2.67 bits per heavy atom. The zero-order valence-corrected chi connectivity index (χ0v) is 13.3. The molecule has 0 amide bonds. The summed E-state index contributed by atoms with van der Waals surface area (Å²) in [6.07, 6.45) is 5.18. The van der Waals surface area contributed by atoms with Gasteiger partial charge in [-0.25, -0.2) is 0 Å². The topological polar surface area (TPSA) is 24.5 Å². The first-order chi connectivity index (χ1) is 10.3. The number of benzene rings is 1. The van der Waals surface area contributed by atoms with E-state index in [-0.39, 0.29) is 0 Å². The highest BCUT2D eigenvalue weighted by Crippen LogP contribution is 2.30. The lowest BCUT2D eigenvalue weighted by atomic mass is 10.1. The minimum atomic E-state index is 0.411. The maximum absolute atomic E-state index is 5.64. The summed E-state index contributed by atoms with van der Waals surface area (Å²) in [4.78, 5) is 2.66. The Balaban J connectivity index is 1.49. The van der Waals surface area contributed by atoms with Crippen molar-refractivity contribution >= 4 is 0 Å². The summed E-state index contributed by atoms with van der Waals surface area (Å²) in [7, 11) is 0. The fourth-order valence-electron chi connectivity index (χ4n) is 3.22. The van der Waals surface area contributed by atoms with Gasteiger partial charge in [-0.15, -0.1) is 0 Å². The van der Waals surface area contributed by atoms with Gasteiger partial charge in [0.2, 0.25) is 0 Å². The predicted octanol–water partition coefficient (Wildman–Crippen LogP) is 3.36. The molecule has 0 radical (unpaired) electrons. The average Bonchev–Trinajstić information content (AvgIpc) is 3.26. The number of nitrogens with one attached hydrogen (secondary N) is 1. The van der Waals surface area contributed by atoms with Crippen LogP contribution in [0.2, 0.25) is 0 Å². The van der Waals surface area contributed by atoms with Crippen molar-refractivity contribution in [1.82, 2.24) is 10.2 Å². The summed E-state index contributed by atoms with van der Waals surface area (Å²) >= 11 is 0. The highest BCUT2D eigenvalue weighted by atomic mass is 16.5. The Bertz CT molecular complexity index is 441. The number of hydrogen-bond donors (Lipinski definition) is 1. The van der Waals surface area contributed by atoms with Gasteiger partial charge in [0.25, 0.3) is 0 Å². The van der Waals surface area contributed by atoms with Crippen LogP contribution in [-0.2, 0) is 0 Å². The summed E-state index contributed by atoms with van der Waals surface area (Å²) in [5.74, 6) is 0.980. The van der Waals surface area contributed by atoms with E-state index in [0.29, 0.717) is 12.1 Å². The van der Waals surface area contributed by atoms with Crippen molar-refractivity contribution < 1.29 is 4.74 Å². The molecule has 116 valence electrons. The van der Waals surface area contributed by atoms with Gasteiger partial charge >= 0.3 is 0 Å². The standard InChI is InChI=1S/C18H28N2O/c1-3-12-21-18-8-4-15(5-9-18)14(2)19-16-10-11-20(13-16)17-6-7-17/h4-5,8-9,14,16-17,19H,3,6-7,10-13H2,1-2H3. The van der Waals surface area contributed by atoms with Gasteiger partial charge in [-0.1, -0.05) is 19.1 Å². The molecule has 1 aliphatic carbocycles. The van der Waals surface area contributed by atoms with E-state index in [1.165, 1.54) is 37.9 Å². The van der Waals surface area contributed by atoms with Crippen LogP contribution in [0.3, 0.4) is 0 Å². The van der Waals surface area contributed by atoms with Crippen LogP contribution in [0.5, 0.6) is 5.75 Å². The normalized spacial score (nSPS) is 24.2. The van der Waals surface area contributed by atoms with Gasteiger partial charge in [-0.2, -0.15) is 0 Å². The number of ether oxygens (including phenoxy) is 1. The Morgan fingerprint density at radius 2 is 2.00 bits per heavy atom. The molecule has 0 bridgehead atoms. The lowest BCUT2D eigenvalue weighted by Gasteiger charge is -2.21. The lowest BCUT2D eigenvalue weighted by Crippen LogP contribution is -2.34. The molecule has 1 aromatic rings. The fourth-order valence-corrected chi connectivity index (χ4v) is 3.22. The fraction of sp³-hybridized carbons (Fsp3) is 0.667. The van der Waals surface area contributed by atoms with Crippen molar-refractivity contribution in [3.05, 3.63) is 29.8 Å². The van der Waals surface area contributed by atoms with Crippen LogP contribution in [0.4, 0.5) is 0 Å². The second kappa shape index (κ2) is 6.80. The molecule has 3 nitrogen and oxygen atoms in total. The van der Waals surface area contributed by atoms with E-state index in [2.05, 4.69) is 48.3 Å². The third-order valence-corrected chi connectivity index (χ3v) is 4.62. The van der Waals surface area contributed by atoms with E-state index >= 15 is 0 Å². The second-order valence-corrected chi connectivity index (χ2v) is 6.52. The largest absolute Gasteiger partial charge is 0.494 e.